The fourth-order valence-corrected chi connectivity index (χ4v) is 6.73. The molecular weight excluding hydrogens is 609 g/mol. The van der Waals surface area contributed by atoms with E-state index >= 15 is 0 Å². The number of aromatic nitrogens is 1. The molecule has 0 bridgehead atoms. The highest BCUT2D eigenvalue weighted by molar-refractivity contribution is 5.92. The van der Waals surface area contributed by atoms with E-state index in [0.717, 1.165) is 52.1 Å². The Morgan fingerprint density at radius 1 is 0.420 bits per heavy atom. The molecular formula is C47H38N2O. The minimum absolute atomic E-state index is 0.634. The van der Waals surface area contributed by atoms with Crippen LogP contribution in [0.5, 0.6) is 0 Å². The molecule has 7 aromatic carbocycles. The van der Waals surface area contributed by atoms with Crippen molar-refractivity contribution >= 4 is 28.2 Å². The number of hydrogen-bond donors (Lipinski definition) is 0. The number of para-hydroxylation sites is 2. The van der Waals surface area contributed by atoms with Crippen LogP contribution in [0.3, 0.4) is 0 Å². The van der Waals surface area contributed by atoms with Gasteiger partial charge in [0.05, 0.1) is 0 Å². The molecule has 0 aliphatic carbocycles. The summed E-state index contributed by atoms with van der Waals surface area (Å²) in [6.45, 7) is 4.39. The zero-order valence-corrected chi connectivity index (χ0v) is 28.4. The Balaban J connectivity index is 1.13. The van der Waals surface area contributed by atoms with Crippen LogP contribution in [-0.4, -0.2) is 4.98 Å². The number of fused-ring (bicyclic) bond motifs is 1. The summed E-state index contributed by atoms with van der Waals surface area (Å²) in [5.74, 6) is 0.634. The summed E-state index contributed by atoms with van der Waals surface area (Å²) in [6, 6.07) is 60.6. The highest BCUT2D eigenvalue weighted by atomic mass is 16.3. The molecule has 242 valence electrons. The molecule has 8 aromatic rings. The highest BCUT2D eigenvalue weighted by Crippen LogP contribution is 2.41. The summed E-state index contributed by atoms with van der Waals surface area (Å²) in [5, 5.41) is 0. The molecule has 0 atom stereocenters. The van der Waals surface area contributed by atoms with Crippen molar-refractivity contribution in [3.8, 4) is 44.8 Å². The molecule has 1 aromatic heterocycles. The van der Waals surface area contributed by atoms with Gasteiger partial charge in [0.2, 0.25) is 5.89 Å². The van der Waals surface area contributed by atoms with Crippen LogP contribution in [-0.2, 0) is 12.8 Å². The second-order valence-electron chi connectivity index (χ2n) is 12.6. The van der Waals surface area contributed by atoms with Gasteiger partial charge in [-0.1, -0.05) is 123 Å². The lowest BCUT2D eigenvalue weighted by Gasteiger charge is -2.26. The standard InChI is InChI=1S/C47H38N2O/c1-3-33-17-27-38(28-18-33)49(39-29-19-34(4-2)20-30-39)40-31-25-36(26-32-40)42-12-6-8-14-44(42)43-13-7-5-11-41(43)35-21-23-37(24-22-35)47-48-45-15-9-10-16-46(45)50-47/h5-32H,3-4H2,1-2H3. The lowest BCUT2D eigenvalue weighted by atomic mass is 9.89. The SMILES string of the molecule is CCc1ccc(N(c2ccc(CC)cc2)c2ccc(-c3ccccc3-c3ccccc3-c3ccc(-c4nc5ccccc5o4)cc3)cc2)cc1. The molecule has 0 aliphatic rings. The molecule has 3 heteroatoms. The number of rotatable bonds is 9. The molecule has 1 heterocycles. The smallest absolute Gasteiger partial charge is 0.227 e. The largest absolute Gasteiger partial charge is 0.436 e. The minimum Gasteiger partial charge on any atom is -0.436 e. The van der Waals surface area contributed by atoms with Gasteiger partial charge in [-0.05, 0) is 118 Å². The summed E-state index contributed by atoms with van der Waals surface area (Å²) >= 11 is 0. The minimum atomic E-state index is 0.634. The van der Waals surface area contributed by atoms with E-state index in [9.17, 15) is 0 Å². The number of oxazole rings is 1. The van der Waals surface area contributed by atoms with E-state index in [-0.39, 0.29) is 0 Å². The first kappa shape index (κ1) is 31.1. The molecule has 0 saturated carbocycles. The summed E-state index contributed by atoms with van der Waals surface area (Å²) in [7, 11) is 0. The molecule has 3 nitrogen and oxygen atoms in total. The van der Waals surface area contributed by atoms with Gasteiger partial charge in [0.25, 0.3) is 0 Å². The van der Waals surface area contributed by atoms with Crippen molar-refractivity contribution in [3.05, 3.63) is 181 Å². The third-order valence-corrected chi connectivity index (χ3v) is 9.52. The fourth-order valence-electron chi connectivity index (χ4n) is 6.73. The van der Waals surface area contributed by atoms with E-state index in [4.69, 9.17) is 9.40 Å². The molecule has 8 rings (SSSR count). The van der Waals surface area contributed by atoms with Crippen molar-refractivity contribution < 1.29 is 4.42 Å². The molecule has 0 spiro atoms. The number of nitrogens with zero attached hydrogens (tertiary/aromatic N) is 2. The predicted octanol–water partition coefficient (Wildman–Crippen LogP) is 13.1. The number of aryl methyl sites for hydroxylation is 2. The number of hydrogen-bond acceptors (Lipinski definition) is 3. The van der Waals surface area contributed by atoms with Gasteiger partial charge in [-0.3, -0.25) is 0 Å². The van der Waals surface area contributed by atoms with Gasteiger partial charge in [0.1, 0.15) is 5.52 Å². The van der Waals surface area contributed by atoms with E-state index in [2.05, 4.69) is 164 Å². The van der Waals surface area contributed by atoms with Crippen LogP contribution in [0.15, 0.2) is 174 Å². The van der Waals surface area contributed by atoms with Crippen molar-refractivity contribution in [1.82, 2.24) is 4.98 Å². The van der Waals surface area contributed by atoms with E-state index in [1.54, 1.807) is 0 Å². The summed E-state index contributed by atoms with van der Waals surface area (Å²) in [6.07, 6.45) is 2.04. The maximum Gasteiger partial charge on any atom is 0.227 e. The zero-order chi connectivity index (χ0) is 33.9. The third kappa shape index (κ3) is 6.10. The van der Waals surface area contributed by atoms with Crippen molar-refractivity contribution in [2.75, 3.05) is 4.90 Å². The number of anilines is 3. The molecule has 50 heavy (non-hydrogen) atoms. The number of benzene rings is 7. The fraction of sp³-hybridized carbons (Fsp3) is 0.0851. The van der Waals surface area contributed by atoms with E-state index in [1.165, 1.54) is 38.9 Å². The van der Waals surface area contributed by atoms with Gasteiger partial charge in [-0.2, -0.15) is 0 Å². The summed E-state index contributed by atoms with van der Waals surface area (Å²) < 4.78 is 6.04. The lowest BCUT2D eigenvalue weighted by molar-refractivity contribution is 0.620. The normalized spacial score (nSPS) is 11.2. The molecule has 0 saturated heterocycles. The van der Waals surface area contributed by atoms with E-state index in [0.29, 0.717) is 5.89 Å². The Bertz CT molecular complexity index is 2290. The Hall–Kier alpha value is -6.19. The van der Waals surface area contributed by atoms with Crippen molar-refractivity contribution in [2.45, 2.75) is 26.7 Å². The van der Waals surface area contributed by atoms with Gasteiger partial charge in [-0.15, -0.1) is 0 Å². The average Bonchev–Trinajstić information content (AvgIpc) is 3.64. The maximum absolute atomic E-state index is 6.04. The predicted molar refractivity (Wildman–Crippen MR) is 209 cm³/mol. The maximum atomic E-state index is 6.04. The van der Waals surface area contributed by atoms with Crippen LogP contribution in [0.4, 0.5) is 17.1 Å². The first-order chi connectivity index (χ1) is 24.7. The second kappa shape index (κ2) is 13.7. The first-order valence-electron chi connectivity index (χ1n) is 17.4. The van der Waals surface area contributed by atoms with Gasteiger partial charge >= 0.3 is 0 Å². The van der Waals surface area contributed by atoms with Gasteiger partial charge in [-0.25, -0.2) is 4.98 Å². The van der Waals surface area contributed by atoms with Crippen LogP contribution in [0, 0.1) is 0 Å². The van der Waals surface area contributed by atoms with Gasteiger partial charge in [0.15, 0.2) is 5.58 Å². The zero-order valence-electron chi connectivity index (χ0n) is 28.4. The highest BCUT2D eigenvalue weighted by Gasteiger charge is 2.16. The van der Waals surface area contributed by atoms with Crippen LogP contribution in [0.25, 0.3) is 55.9 Å². The quantitative estimate of drug-likeness (QED) is 0.156. The van der Waals surface area contributed by atoms with Crippen molar-refractivity contribution in [1.29, 1.82) is 0 Å². The van der Waals surface area contributed by atoms with Crippen LogP contribution in [0.2, 0.25) is 0 Å². The topological polar surface area (TPSA) is 29.3 Å². The monoisotopic (exact) mass is 646 g/mol. The molecule has 0 amide bonds. The Morgan fingerprint density at radius 2 is 0.820 bits per heavy atom. The Labute approximate surface area is 294 Å². The second-order valence-corrected chi connectivity index (χ2v) is 12.6. The van der Waals surface area contributed by atoms with E-state index < -0.39 is 0 Å². The molecule has 0 N–H and O–H groups in total. The molecule has 0 fully saturated rings. The van der Waals surface area contributed by atoms with Gasteiger partial charge < -0.3 is 9.32 Å². The molecule has 0 aliphatic heterocycles. The van der Waals surface area contributed by atoms with E-state index in [1.807, 2.05) is 24.3 Å². The lowest BCUT2D eigenvalue weighted by Crippen LogP contribution is -2.10. The molecule has 0 unspecified atom stereocenters. The van der Waals surface area contributed by atoms with Crippen LogP contribution < -0.4 is 4.90 Å². The Kier molecular flexibility index (Phi) is 8.54. The van der Waals surface area contributed by atoms with Crippen LogP contribution in [0.1, 0.15) is 25.0 Å². The average molecular weight is 647 g/mol. The Morgan fingerprint density at radius 3 is 1.30 bits per heavy atom. The third-order valence-electron chi connectivity index (χ3n) is 9.52. The van der Waals surface area contributed by atoms with Crippen LogP contribution >= 0.6 is 0 Å². The summed E-state index contributed by atoms with van der Waals surface area (Å²) in [5.41, 5.74) is 15.8. The molecule has 0 radical (unpaired) electrons. The van der Waals surface area contributed by atoms with Crippen molar-refractivity contribution in [3.63, 3.8) is 0 Å². The summed E-state index contributed by atoms with van der Waals surface area (Å²) in [4.78, 5) is 7.03. The van der Waals surface area contributed by atoms with Gasteiger partial charge in [0, 0.05) is 22.6 Å². The first-order valence-corrected chi connectivity index (χ1v) is 17.4. The van der Waals surface area contributed by atoms with Crippen molar-refractivity contribution in [2.24, 2.45) is 0 Å².